The van der Waals surface area contributed by atoms with Crippen LogP contribution < -0.4 is 10.1 Å². The maximum atomic E-state index is 12.2. The normalized spacial score (nSPS) is 10.7. The highest BCUT2D eigenvalue weighted by Gasteiger charge is 2.13. The number of nitrogens with one attached hydrogen (secondary N) is 1. The van der Waals surface area contributed by atoms with Gasteiger partial charge in [-0.2, -0.15) is 5.10 Å². The van der Waals surface area contributed by atoms with Gasteiger partial charge in [0.25, 0.3) is 5.91 Å². The summed E-state index contributed by atoms with van der Waals surface area (Å²) in [5.41, 5.74) is 1.48. The Labute approximate surface area is 155 Å². The third kappa shape index (κ3) is 4.44. The zero-order valence-electron chi connectivity index (χ0n) is 14.4. The fourth-order valence-corrected chi connectivity index (χ4v) is 2.38. The Balaban J connectivity index is 1.57. The highest BCUT2D eigenvalue weighted by Crippen LogP contribution is 2.22. The first kappa shape index (κ1) is 18.0. The van der Waals surface area contributed by atoms with E-state index in [2.05, 4.69) is 10.4 Å². The van der Waals surface area contributed by atoms with Crippen molar-refractivity contribution in [1.29, 1.82) is 0 Å². The van der Waals surface area contributed by atoms with E-state index in [1.807, 2.05) is 13.0 Å². The first-order valence-corrected chi connectivity index (χ1v) is 8.23. The minimum absolute atomic E-state index is 0.190. The predicted molar refractivity (Wildman–Crippen MR) is 96.4 cm³/mol. The number of carbonyl (C=O) groups is 1. The molecule has 0 spiro atoms. The second kappa shape index (κ2) is 8.07. The number of methoxy groups -OCH3 is 1. The number of amides is 1. The molecule has 8 heteroatoms. The minimum atomic E-state index is -0.365. The molecule has 0 aliphatic carbocycles. The molecule has 26 heavy (non-hydrogen) atoms. The number of carbonyl (C=O) groups excluding carboxylic acids is 1. The van der Waals surface area contributed by atoms with Crippen LogP contribution in [0.4, 0.5) is 5.69 Å². The van der Waals surface area contributed by atoms with Gasteiger partial charge in [-0.1, -0.05) is 11.6 Å². The molecule has 0 aliphatic rings. The number of benzene rings is 1. The van der Waals surface area contributed by atoms with Gasteiger partial charge in [0.1, 0.15) is 24.8 Å². The molecule has 0 aliphatic heterocycles. The summed E-state index contributed by atoms with van der Waals surface area (Å²) >= 11 is 5.99. The summed E-state index contributed by atoms with van der Waals surface area (Å²) in [5.74, 6) is 1.05. The number of furan rings is 1. The molecular formula is C18H18ClN3O4. The Morgan fingerprint density at radius 1 is 1.35 bits per heavy atom. The molecule has 1 aromatic carbocycles. The van der Waals surface area contributed by atoms with Gasteiger partial charge in [-0.15, -0.1) is 0 Å². The molecule has 0 saturated carbocycles. The van der Waals surface area contributed by atoms with E-state index in [1.165, 1.54) is 6.20 Å². The SMILES string of the molecule is COCn1cc(NC(=O)c2ccc(COc3ccc(Cl)c(C)c3)o2)cn1. The summed E-state index contributed by atoms with van der Waals surface area (Å²) in [4.78, 5) is 12.2. The standard InChI is InChI=1S/C18H18ClN3O4/c1-12-7-14(3-5-16(12)19)25-10-15-4-6-17(26-15)18(23)21-13-8-20-22(9-13)11-24-2/h3-9H,10-11H2,1-2H3,(H,21,23). The third-order valence-corrected chi connectivity index (χ3v) is 3.97. The number of aromatic nitrogens is 2. The van der Waals surface area contributed by atoms with Crippen LogP contribution in [0.2, 0.25) is 5.02 Å². The van der Waals surface area contributed by atoms with Crippen molar-refractivity contribution in [3.05, 3.63) is 64.8 Å². The van der Waals surface area contributed by atoms with E-state index in [9.17, 15) is 4.79 Å². The van der Waals surface area contributed by atoms with Crippen molar-refractivity contribution in [1.82, 2.24) is 9.78 Å². The van der Waals surface area contributed by atoms with Gasteiger partial charge in [0, 0.05) is 12.1 Å². The Morgan fingerprint density at radius 2 is 2.19 bits per heavy atom. The molecular weight excluding hydrogens is 358 g/mol. The fraction of sp³-hybridized carbons (Fsp3) is 0.222. The monoisotopic (exact) mass is 375 g/mol. The van der Waals surface area contributed by atoms with Crippen LogP contribution in [0.3, 0.4) is 0 Å². The molecule has 0 fully saturated rings. The van der Waals surface area contributed by atoms with Gasteiger partial charge in [-0.05, 0) is 42.8 Å². The zero-order chi connectivity index (χ0) is 18.5. The van der Waals surface area contributed by atoms with Crippen LogP contribution in [0.1, 0.15) is 21.9 Å². The van der Waals surface area contributed by atoms with Gasteiger partial charge in [0.2, 0.25) is 0 Å². The topological polar surface area (TPSA) is 78.5 Å². The number of ether oxygens (including phenoxy) is 2. The Kier molecular flexibility index (Phi) is 5.60. The molecule has 0 bridgehead atoms. The molecule has 2 aromatic heterocycles. The van der Waals surface area contributed by atoms with Crippen LogP contribution in [-0.2, 0) is 18.1 Å². The average Bonchev–Trinajstić information content (AvgIpc) is 3.26. The summed E-state index contributed by atoms with van der Waals surface area (Å²) in [5, 5.41) is 7.45. The van der Waals surface area contributed by atoms with E-state index in [4.69, 9.17) is 25.5 Å². The second-order valence-electron chi connectivity index (χ2n) is 5.61. The average molecular weight is 376 g/mol. The van der Waals surface area contributed by atoms with E-state index >= 15 is 0 Å². The summed E-state index contributed by atoms with van der Waals surface area (Å²) < 4.78 is 17.7. The number of aryl methyl sites for hydroxylation is 1. The number of halogens is 1. The van der Waals surface area contributed by atoms with Crippen molar-refractivity contribution in [2.45, 2.75) is 20.3 Å². The van der Waals surface area contributed by atoms with Gasteiger partial charge in [-0.3, -0.25) is 4.79 Å². The summed E-state index contributed by atoms with van der Waals surface area (Å²) in [7, 11) is 1.57. The predicted octanol–water partition coefficient (Wildman–Crippen LogP) is 3.87. The molecule has 2 heterocycles. The molecule has 7 nitrogen and oxygen atoms in total. The smallest absolute Gasteiger partial charge is 0.291 e. The number of anilines is 1. The molecule has 1 amide bonds. The highest BCUT2D eigenvalue weighted by molar-refractivity contribution is 6.31. The highest BCUT2D eigenvalue weighted by atomic mass is 35.5. The van der Waals surface area contributed by atoms with Crippen LogP contribution in [-0.4, -0.2) is 22.8 Å². The van der Waals surface area contributed by atoms with E-state index < -0.39 is 0 Å². The first-order valence-electron chi connectivity index (χ1n) is 7.85. The molecule has 0 unspecified atom stereocenters. The van der Waals surface area contributed by atoms with Crippen molar-refractivity contribution >= 4 is 23.2 Å². The van der Waals surface area contributed by atoms with Gasteiger partial charge in [0.05, 0.1) is 18.1 Å². The molecule has 0 radical (unpaired) electrons. The summed E-state index contributed by atoms with van der Waals surface area (Å²) in [6, 6.07) is 8.70. The van der Waals surface area contributed by atoms with E-state index in [-0.39, 0.29) is 18.3 Å². The lowest BCUT2D eigenvalue weighted by atomic mass is 10.2. The van der Waals surface area contributed by atoms with Crippen molar-refractivity contribution in [3.63, 3.8) is 0 Å². The summed E-state index contributed by atoms with van der Waals surface area (Å²) in [6.07, 6.45) is 3.20. The van der Waals surface area contributed by atoms with Crippen molar-refractivity contribution in [2.24, 2.45) is 0 Å². The Morgan fingerprint density at radius 3 is 2.96 bits per heavy atom. The largest absolute Gasteiger partial charge is 0.486 e. The van der Waals surface area contributed by atoms with Crippen molar-refractivity contribution < 1.29 is 18.7 Å². The maximum absolute atomic E-state index is 12.2. The van der Waals surface area contributed by atoms with Gasteiger partial charge < -0.3 is 19.2 Å². The van der Waals surface area contributed by atoms with Crippen molar-refractivity contribution in [3.8, 4) is 5.75 Å². The van der Waals surface area contributed by atoms with Crippen LogP contribution in [0.15, 0.2) is 47.1 Å². The Hall–Kier alpha value is -2.77. The quantitative estimate of drug-likeness (QED) is 0.678. The number of hydrogen-bond acceptors (Lipinski definition) is 5. The lowest BCUT2D eigenvalue weighted by molar-refractivity contribution is 0.0992. The van der Waals surface area contributed by atoms with E-state index in [0.29, 0.717) is 29.0 Å². The van der Waals surface area contributed by atoms with Crippen LogP contribution in [0, 0.1) is 6.92 Å². The van der Waals surface area contributed by atoms with Gasteiger partial charge in [0.15, 0.2) is 5.76 Å². The first-order chi connectivity index (χ1) is 12.5. The maximum Gasteiger partial charge on any atom is 0.291 e. The van der Waals surface area contributed by atoms with Crippen LogP contribution >= 0.6 is 11.6 Å². The van der Waals surface area contributed by atoms with Gasteiger partial charge >= 0.3 is 0 Å². The molecule has 136 valence electrons. The third-order valence-electron chi connectivity index (χ3n) is 3.55. The molecule has 0 atom stereocenters. The number of nitrogens with zero attached hydrogens (tertiary/aromatic N) is 2. The fourth-order valence-electron chi connectivity index (χ4n) is 2.26. The molecule has 1 N–H and O–H groups in total. The van der Waals surface area contributed by atoms with Crippen LogP contribution in [0.25, 0.3) is 0 Å². The lowest BCUT2D eigenvalue weighted by Gasteiger charge is -2.06. The minimum Gasteiger partial charge on any atom is -0.486 e. The van der Waals surface area contributed by atoms with Gasteiger partial charge in [-0.25, -0.2) is 4.68 Å². The lowest BCUT2D eigenvalue weighted by Crippen LogP contribution is -2.10. The number of hydrogen-bond donors (Lipinski definition) is 1. The van der Waals surface area contributed by atoms with Crippen molar-refractivity contribution in [2.75, 3.05) is 12.4 Å². The summed E-state index contributed by atoms with van der Waals surface area (Å²) in [6.45, 7) is 2.42. The Bertz CT molecular complexity index is 903. The number of rotatable bonds is 7. The second-order valence-corrected chi connectivity index (χ2v) is 6.01. The molecule has 3 rings (SSSR count). The molecule has 3 aromatic rings. The zero-order valence-corrected chi connectivity index (χ0v) is 15.1. The molecule has 0 saturated heterocycles. The van der Waals surface area contributed by atoms with Crippen LogP contribution in [0.5, 0.6) is 5.75 Å². The van der Waals surface area contributed by atoms with E-state index in [1.54, 1.807) is 42.3 Å². The van der Waals surface area contributed by atoms with E-state index in [0.717, 1.165) is 5.56 Å².